The number of benzene rings is 2. The van der Waals surface area contributed by atoms with Crippen molar-refractivity contribution in [2.45, 2.75) is 13.1 Å². The first-order chi connectivity index (χ1) is 11.9. The van der Waals surface area contributed by atoms with E-state index in [4.69, 9.17) is 4.74 Å². The molecule has 25 heavy (non-hydrogen) atoms. The van der Waals surface area contributed by atoms with Gasteiger partial charge in [0.25, 0.3) is 0 Å². The number of esters is 1. The number of halogens is 3. The maximum atomic E-state index is 13.5. The van der Waals surface area contributed by atoms with Gasteiger partial charge in [-0.3, -0.25) is 4.98 Å². The third kappa shape index (κ3) is 3.45. The molecule has 0 saturated carbocycles. The van der Waals surface area contributed by atoms with Crippen LogP contribution in [0.25, 0.3) is 22.2 Å². The summed E-state index contributed by atoms with van der Waals surface area (Å²) in [6.45, 7) is 1.69. The molecule has 2 aromatic carbocycles. The van der Waals surface area contributed by atoms with Crippen LogP contribution in [-0.2, 0) is 10.9 Å². The Morgan fingerprint density at radius 3 is 2.48 bits per heavy atom. The minimum absolute atomic E-state index is 0.0572. The smallest absolute Gasteiger partial charge is 0.418 e. The Morgan fingerprint density at radius 2 is 1.84 bits per heavy atom. The quantitative estimate of drug-likeness (QED) is 0.656. The van der Waals surface area contributed by atoms with Gasteiger partial charge in [0.2, 0.25) is 0 Å². The molecule has 0 aliphatic rings. The molecule has 0 fully saturated rings. The fraction of sp³-hybridized carbons (Fsp3) is 0.167. The molecule has 128 valence electrons. The van der Waals surface area contributed by atoms with Crippen molar-refractivity contribution in [2.24, 2.45) is 0 Å². The molecule has 1 heterocycles. The summed E-state index contributed by atoms with van der Waals surface area (Å²) in [4.78, 5) is 19.6. The van der Waals surface area contributed by atoms with Crippen molar-refractivity contribution >= 4 is 17.0 Å². The predicted octanol–water partition coefficient (Wildman–Crippen LogP) is 4.49. The van der Waals surface area contributed by atoms with E-state index in [1.165, 1.54) is 6.07 Å². The normalized spacial score (nSPS) is 11.5. The van der Waals surface area contributed by atoms with E-state index in [2.05, 4.69) is 9.97 Å². The lowest BCUT2D eigenvalue weighted by atomic mass is 10.0. The predicted molar refractivity (Wildman–Crippen MR) is 85.9 cm³/mol. The van der Waals surface area contributed by atoms with Gasteiger partial charge in [0, 0.05) is 0 Å². The topological polar surface area (TPSA) is 52.1 Å². The van der Waals surface area contributed by atoms with Crippen molar-refractivity contribution in [2.75, 3.05) is 6.61 Å². The van der Waals surface area contributed by atoms with Gasteiger partial charge in [0.15, 0.2) is 5.69 Å². The van der Waals surface area contributed by atoms with E-state index in [-0.39, 0.29) is 23.3 Å². The summed E-state index contributed by atoms with van der Waals surface area (Å²) >= 11 is 0. The van der Waals surface area contributed by atoms with Crippen molar-refractivity contribution in [3.05, 3.63) is 59.9 Å². The van der Waals surface area contributed by atoms with Gasteiger partial charge in [0.1, 0.15) is 5.52 Å². The number of carbonyl (C=O) groups excluding carboxylic acids is 1. The molecule has 0 N–H and O–H groups in total. The molecular formula is C18H13F3N2O2. The first-order valence-corrected chi connectivity index (χ1v) is 7.50. The van der Waals surface area contributed by atoms with Gasteiger partial charge in [-0.25, -0.2) is 9.78 Å². The fourth-order valence-corrected chi connectivity index (χ4v) is 2.43. The minimum atomic E-state index is -4.63. The monoisotopic (exact) mass is 346 g/mol. The van der Waals surface area contributed by atoms with Gasteiger partial charge in [0.05, 0.1) is 23.9 Å². The number of fused-ring (bicyclic) bond motifs is 1. The maximum Gasteiger partial charge on any atom is 0.418 e. The zero-order valence-electron chi connectivity index (χ0n) is 13.2. The summed E-state index contributed by atoms with van der Waals surface area (Å²) < 4.78 is 45.3. The standard InChI is InChI=1S/C18H13F3N2O2/c1-2-25-17(24)15-10-22-14-9-12(11-6-4-3-5-7-11)8-13(16(14)23-15)18(19,20)21/h3-10H,2H2,1H3. The summed E-state index contributed by atoms with van der Waals surface area (Å²) in [6.07, 6.45) is -3.51. The van der Waals surface area contributed by atoms with E-state index in [1.807, 2.05) is 0 Å². The van der Waals surface area contributed by atoms with Crippen molar-refractivity contribution in [1.82, 2.24) is 9.97 Å². The second-order valence-corrected chi connectivity index (χ2v) is 5.23. The number of nitrogens with zero attached hydrogens (tertiary/aromatic N) is 2. The van der Waals surface area contributed by atoms with Crippen LogP contribution in [0, 0.1) is 0 Å². The number of hydrogen-bond acceptors (Lipinski definition) is 4. The van der Waals surface area contributed by atoms with Gasteiger partial charge < -0.3 is 4.74 Å². The van der Waals surface area contributed by atoms with Gasteiger partial charge in [-0.1, -0.05) is 30.3 Å². The van der Waals surface area contributed by atoms with Crippen LogP contribution in [0.15, 0.2) is 48.7 Å². The van der Waals surface area contributed by atoms with Gasteiger partial charge in [-0.05, 0) is 30.2 Å². The second-order valence-electron chi connectivity index (χ2n) is 5.23. The molecule has 3 aromatic rings. The molecule has 3 rings (SSSR count). The van der Waals surface area contributed by atoms with Crippen LogP contribution >= 0.6 is 0 Å². The SMILES string of the molecule is CCOC(=O)c1cnc2cc(-c3ccccc3)cc(C(F)(F)F)c2n1. The van der Waals surface area contributed by atoms with Crippen LogP contribution in [0.2, 0.25) is 0 Å². The van der Waals surface area contributed by atoms with Crippen LogP contribution < -0.4 is 0 Å². The number of alkyl halides is 3. The minimum Gasteiger partial charge on any atom is -0.461 e. The first-order valence-electron chi connectivity index (χ1n) is 7.50. The lowest BCUT2D eigenvalue weighted by molar-refractivity contribution is -0.136. The number of ether oxygens (including phenoxy) is 1. The Morgan fingerprint density at radius 1 is 1.12 bits per heavy atom. The molecule has 0 bridgehead atoms. The molecule has 0 radical (unpaired) electrons. The summed E-state index contributed by atoms with van der Waals surface area (Å²) in [5.41, 5.74) is -0.515. The van der Waals surface area contributed by atoms with Crippen LogP contribution in [0.1, 0.15) is 23.0 Å². The van der Waals surface area contributed by atoms with E-state index >= 15 is 0 Å². The highest BCUT2D eigenvalue weighted by Crippen LogP contribution is 2.36. The summed E-state index contributed by atoms with van der Waals surface area (Å²) in [6, 6.07) is 11.2. The molecule has 0 aliphatic carbocycles. The lowest BCUT2D eigenvalue weighted by Gasteiger charge is -2.13. The van der Waals surface area contributed by atoms with Crippen LogP contribution in [0.5, 0.6) is 0 Å². The molecule has 0 amide bonds. The molecule has 7 heteroatoms. The Hall–Kier alpha value is -2.96. The average Bonchev–Trinajstić information content (AvgIpc) is 2.60. The van der Waals surface area contributed by atoms with Gasteiger partial charge in [-0.2, -0.15) is 13.2 Å². The molecule has 0 aliphatic heterocycles. The van der Waals surface area contributed by atoms with E-state index in [0.29, 0.717) is 11.1 Å². The number of rotatable bonds is 3. The highest BCUT2D eigenvalue weighted by atomic mass is 19.4. The molecule has 0 atom stereocenters. The highest BCUT2D eigenvalue weighted by Gasteiger charge is 2.34. The lowest BCUT2D eigenvalue weighted by Crippen LogP contribution is -2.11. The zero-order chi connectivity index (χ0) is 18.0. The number of hydrogen-bond donors (Lipinski definition) is 0. The average molecular weight is 346 g/mol. The van der Waals surface area contributed by atoms with Crippen LogP contribution in [-0.4, -0.2) is 22.5 Å². The molecule has 0 unspecified atom stereocenters. The molecule has 1 aromatic heterocycles. The van der Waals surface area contributed by atoms with Gasteiger partial charge in [-0.15, -0.1) is 0 Å². The number of aromatic nitrogens is 2. The van der Waals surface area contributed by atoms with Crippen LogP contribution in [0.3, 0.4) is 0 Å². The van der Waals surface area contributed by atoms with E-state index in [1.54, 1.807) is 37.3 Å². The van der Waals surface area contributed by atoms with E-state index in [9.17, 15) is 18.0 Å². The Kier molecular flexibility index (Phi) is 4.39. The summed E-state index contributed by atoms with van der Waals surface area (Å²) in [5.74, 6) is -0.808. The Bertz CT molecular complexity index is 925. The first kappa shape index (κ1) is 16.9. The zero-order valence-corrected chi connectivity index (χ0v) is 13.2. The molecular weight excluding hydrogens is 333 g/mol. The van der Waals surface area contributed by atoms with Crippen molar-refractivity contribution in [3.8, 4) is 11.1 Å². The van der Waals surface area contributed by atoms with Crippen LogP contribution in [0.4, 0.5) is 13.2 Å². The second kappa shape index (κ2) is 6.51. The number of carbonyl (C=O) groups is 1. The molecule has 0 spiro atoms. The molecule has 0 saturated heterocycles. The van der Waals surface area contributed by atoms with E-state index < -0.39 is 17.7 Å². The van der Waals surface area contributed by atoms with Crippen molar-refractivity contribution in [1.29, 1.82) is 0 Å². The fourth-order valence-electron chi connectivity index (χ4n) is 2.43. The third-order valence-corrected chi connectivity index (χ3v) is 3.55. The van der Waals surface area contributed by atoms with Crippen molar-refractivity contribution < 1.29 is 22.7 Å². The van der Waals surface area contributed by atoms with Crippen molar-refractivity contribution in [3.63, 3.8) is 0 Å². The van der Waals surface area contributed by atoms with E-state index in [0.717, 1.165) is 12.3 Å². The third-order valence-electron chi connectivity index (χ3n) is 3.55. The highest BCUT2D eigenvalue weighted by molar-refractivity contribution is 5.91. The Labute approximate surface area is 141 Å². The summed E-state index contributed by atoms with van der Waals surface area (Å²) in [7, 11) is 0. The Balaban J connectivity index is 2.23. The maximum absolute atomic E-state index is 13.5. The summed E-state index contributed by atoms with van der Waals surface area (Å²) in [5, 5.41) is 0. The largest absolute Gasteiger partial charge is 0.461 e. The molecule has 4 nitrogen and oxygen atoms in total. The van der Waals surface area contributed by atoms with Gasteiger partial charge >= 0.3 is 12.1 Å².